The highest BCUT2D eigenvalue weighted by Gasteiger charge is 2.34. The van der Waals surface area contributed by atoms with E-state index in [0.29, 0.717) is 6.07 Å². The molecule has 0 heterocycles. The Morgan fingerprint density at radius 2 is 0.892 bits per heavy atom. The van der Waals surface area contributed by atoms with Crippen LogP contribution < -0.4 is 14.2 Å². The van der Waals surface area contributed by atoms with Crippen LogP contribution in [0.3, 0.4) is 0 Å². The maximum absolute atomic E-state index is 14.3. The molecule has 0 saturated heterocycles. The zero-order valence-corrected chi connectivity index (χ0v) is 17.4. The lowest BCUT2D eigenvalue weighted by Crippen LogP contribution is -2.21. The molecule has 0 radical (unpaired) electrons. The lowest BCUT2D eigenvalue weighted by atomic mass is 10.2. The van der Waals surface area contributed by atoms with E-state index in [1.807, 2.05) is 0 Å². The van der Waals surface area contributed by atoms with Crippen LogP contribution in [0.1, 0.15) is 5.56 Å². The highest BCUT2D eigenvalue weighted by molar-refractivity contribution is 5.45. The lowest BCUT2D eigenvalue weighted by Gasteiger charge is -2.16. The summed E-state index contributed by atoms with van der Waals surface area (Å²) < 4.78 is 174. The molecule has 0 amide bonds. The molecule has 0 fully saturated rings. The van der Waals surface area contributed by atoms with E-state index in [4.69, 9.17) is 0 Å². The SMILES string of the molecule is OCc1cc(Oc2c(F)c(F)c(F)c(F)c2F)cc(Oc2c(F)c(F)c(OCC(F)(F)F)c(F)c2F)c1. The van der Waals surface area contributed by atoms with Crippen LogP contribution >= 0.6 is 0 Å². The third kappa shape index (κ3) is 5.63. The molecule has 0 unspecified atom stereocenters. The molecule has 3 aromatic carbocycles. The average molecular weight is 552 g/mol. The zero-order valence-electron chi connectivity index (χ0n) is 17.4. The largest absolute Gasteiger partial charge is 0.478 e. The van der Waals surface area contributed by atoms with Gasteiger partial charge in [-0.2, -0.15) is 39.5 Å². The topological polar surface area (TPSA) is 47.9 Å². The number of rotatable bonds is 7. The Hall–Kier alpha value is -3.82. The summed E-state index contributed by atoms with van der Waals surface area (Å²) in [7, 11) is 0. The zero-order chi connectivity index (χ0) is 27.8. The molecule has 4 nitrogen and oxygen atoms in total. The Balaban J connectivity index is 2.03. The summed E-state index contributed by atoms with van der Waals surface area (Å²) in [5, 5.41) is 9.31. The first-order valence-corrected chi connectivity index (χ1v) is 9.33. The van der Waals surface area contributed by atoms with Crippen LogP contribution in [0.4, 0.5) is 52.7 Å². The smallest absolute Gasteiger partial charge is 0.422 e. The first-order chi connectivity index (χ1) is 17.2. The molecule has 0 bridgehead atoms. The normalized spacial score (nSPS) is 11.6. The van der Waals surface area contributed by atoms with Gasteiger partial charge in [-0.05, 0) is 17.7 Å². The summed E-state index contributed by atoms with van der Waals surface area (Å²) in [5.41, 5.74) is -0.330. The quantitative estimate of drug-likeness (QED) is 0.196. The number of aliphatic hydroxyl groups is 1. The monoisotopic (exact) mass is 552 g/mol. The molecule has 200 valence electrons. The predicted octanol–water partition coefficient (Wildman–Crippen LogP) is 6.96. The van der Waals surface area contributed by atoms with Gasteiger partial charge < -0.3 is 19.3 Å². The van der Waals surface area contributed by atoms with E-state index in [1.165, 1.54) is 0 Å². The number of halogens is 12. The van der Waals surface area contributed by atoms with Crippen LogP contribution in [-0.2, 0) is 6.61 Å². The van der Waals surface area contributed by atoms with Gasteiger partial charge in [0.2, 0.25) is 63.9 Å². The molecular formula is C21H8F12O4. The van der Waals surface area contributed by atoms with Crippen LogP contribution in [0.2, 0.25) is 0 Å². The molecule has 0 atom stereocenters. The fraction of sp³-hybridized carbons (Fsp3) is 0.143. The highest BCUT2D eigenvalue weighted by Crippen LogP contribution is 2.40. The molecule has 3 aromatic rings. The Labute approximate surface area is 197 Å². The molecule has 0 saturated carbocycles. The van der Waals surface area contributed by atoms with Crippen LogP contribution in [0.25, 0.3) is 0 Å². The van der Waals surface area contributed by atoms with Gasteiger partial charge in [0.25, 0.3) is 0 Å². The maximum Gasteiger partial charge on any atom is 0.422 e. The minimum Gasteiger partial charge on any atom is -0.478 e. The van der Waals surface area contributed by atoms with Crippen LogP contribution in [0, 0.1) is 52.4 Å². The Bertz CT molecular complexity index is 1300. The van der Waals surface area contributed by atoms with E-state index in [1.54, 1.807) is 0 Å². The van der Waals surface area contributed by atoms with E-state index in [2.05, 4.69) is 14.2 Å². The van der Waals surface area contributed by atoms with Gasteiger partial charge in [-0.25, -0.2) is 13.2 Å². The number of benzene rings is 3. The average Bonchev–Trinajstić information content (AvgIpc) is 2.84. The van der Waals surface area contributed by atoms with E-state index in [9.17, 15) is 57.8 Å². The summed E-state index contributed by atoms with van der Waals surface area (Å²) in [4.78, 5) is 0. The molecule has 0 spiro atoms. The van der Waals surface area contributed by atoms with Gasteiger partial charge in [-0.15, -0.1) is 0 Å². The summed E-state index contributed by atoms with van der Waals surface area (Å²) in [6.07, 6.45) is -5.13. The van der Waals surface area contributed by atoms with Crippen molar-refractivity contribution in [2.45, 2.75) is 12.8 Å². The summed E-state index contributed by atoms with van der Waals surface area (Å²) >= 11 is 0. The minimum atomic E-state index is -5.13. The molecule has 0 aromatic heterocycles. The van der Waals surface area contributed by atoms with Gasteiger partial charge in [0.05, 0.1) is 6.61 Å². The fourth-order valence-corrected chi connectivity index (χ4v) is 2.71. The van der Waals surface area contributed by atoms with Crippen molar-refractivity contribution in [1.29, 1.82) is 0 Å². The van der Waals surface area contributed by atoms with Gasteiger partial charge in [0.15, 0.2) is 12.4 Å². The molecule has 16 heteroatoms. The van der Waals surface area contributed by atoms with E-state index >= 15 is 0 Å². The van der Waals surface area contributed by atoms with Crippen molar-refractivity contribution in [2.24, 2.45) is 0 Å². The van der Waals surface area contributed by atoms with Crippen molar-refractivity contribution in [3.63, 3.8) is 0 Å². The Morgan fingerprint density at radius 1 is 0.541 bits per heavy atom. The molecular weight excluding hydrogens is 544 g/mol. The highest BCUT2D eigenvalue weighted by atomic mass is 19.4. The first kappa shape index (κ1) is 27.8. The molecule has 0 aliphatic carbocycles. The standard InChI is InChI=1S/C21H8F12O4/c22-9-10(23)12(25)19(13(26)11(9)24)36-7-1-6(4-34)2-8(3-7)37-20-16(29)14(27)18(15(28)17(20)30)35-5-21(31,32)33/h1-3,34H,4-5H2. The number of hydrogen-bond donors (Lipinski definition) is 1. The second-order valence-corrected chi connectivity index (χ2v) is 6.89. The van der Waals surface area contributed by atoms with Crippen molar-refractivity contribution in [3.05, 3.63) is 76.1 Å². The second-order valence-electron chi connectivity index (χ2n) is 6.89. The van der Waals surface area contributed by atoms with Gasteiger partial charge >= 0.3 is 6.18 Å². The number of ether oxygens (including phenoxy) is 3. The molecule has 37 heavy (non-hydrogen) atoms. The third-order valence-electron chi connectivity index (χ3n) is 4.29. The fourth-order valence-electron chi connectivity index (χ4n) is 2.71. The number of alkyl halides is 3. The molecule has 0 aliphatic rings. The maximum atomic E-state index is 14.3. The van der Waals surface area contributed by atoms with Crippen molar-refractivity contribution in [1.82, 2.24) is 0 Å². The van der Waals surface area contributed by atoms with Crippen molar-refractivity contribution in [2.75, 3.05) is 6.61 Å². The second kappa shape index (κ2) is 10.3. The molecule has 1 N–H and O–H groups in total. The first-order valence-electron chi connectivity index (χ1n) is 9.33. The van der Waals surface area contributed by atoms with Gasteiger partial charge in [0.1, 0.15) is 11.5 Å². The molecule has 3 rings (SSSR count). The van der Waals surface area contributed by atoms with Crippen LogP contribution in [0.15, 0.2) is 18.2 Å². The predicted molar refractivity (Wildman–Crippen MR) is 96.6 cm³/mol. The van der Waals surface area contributed by atoms with Gasteiger partial charge in [-0.1, -0.05) is 0 Å². The van der Waals surface area contributed by atoms with E-state index in [-0.39, 0.29) is 5.56 Å². The van der Waals surface area contributed by atoms with Crippen LogP contribution in [-0.4, -0.2) is 17.9 Å². The number of aliphatic hydroxyl groups excluding tert-OH is 1. The van der Waals surface area contributed by atoms with Crippen LogP contribution in [0.5, 0.6) is 28.7 Å². The van der Waals surface area contributed by atoms with Gasteiger partial charge in [-0.3, -0.25) is 0 Å². The number of hydrogen-bond acceptors (Lipinski definition) is 4. The lowest BCUT2D eigenvalue weighted by molar-refractivity contribution is -0.154. The summed E-state index contributed by atoms with van der Waals surface area (Å²) in [5.74, 6) is -29.1. The van der Waals surface area contributed by atoms with E-state index in [0.717, 1.165) is 12.1 Å². The summed E-state index contributed by atoms with van der Waals surface area (Å²) in [6, 6.07) is 2.00. The van der Waals surface area contributed by atoms with Crippen molar-refractivity contribution >= 4 is 0 Å². The van der Waals surface area contributed by atoms with E-state index < -0.39 is 100 Å². The summed E-state index contributed by atoms with van der Waals surface area (Å²) in [6.45, 7) is -3.25. The minimum absolute atomic E-state index is 0.330. The van der Waals surface area contributed by atoms with Gasteiger partial charge in [0, 0.05) is 6.07 Å². The molecule has 0 aliphatic heterocycles. The Kier molecular flexibility index (Phi) is 7.71. The Morgan fingerprint density at radius 3 is 1.27 bits per heavy atom. The van der Waals surface area contributed by atoms with Crippen molar-refractivity contribution in [3.8, 4) is 28.7 Å². The third-order valence-corrected chi connectivity index (χ3v) is 4.29. The van der Waals surface area contributed by atoms with Crippen molar-refractivity contribution < 1.29 is 72.0 Å².